The summed E-state index contributed by atoms with van der Waals surface area (Å²) in [7, 11) is 4.30. The second-order valence-electron chi connectivity index (χ2n) is 6.84. The van der Waals surface area contributed by atoms with Crippen molar-refractivity contribution in [3.05, 3.63) is 0 Å². The monoisotopic (exact) mass is 342 g/mol. The second-order valence-corrected chi connectivity index (χ2v) is 7.98. The molecular weight excluding hydrogens is 304 g/mol. The highest BCUT2D eigenvalue weighted by Gasteiger charge is 2.24. The Morgan fingerprint density at radius 1 is 1.13 bits per heavy atom. The first-order valence-electron chi connectivity index (χ1n) is 9.38. The maximum Gasteiger partial charge on any atom is 0.191 e. The average Bonchev–Trinajstić information content (AvgIpc) is 2.97. The number of nitrogens with one attached hydrogen (secondary N) is 2. The van der Waals surface area contributed by atoms with Crippen LogP contribution >= 0.6 is 11.8 Å². The van der Waals surface area contributed by atoms with Gasteiger partial charge in [0.2, 0.25) is 0 Å². The molecule has 0 aromatic carbocycles. The predicted octanol–water partition coefficient (Wildman–Crippen LogP) is 3.34. The lowest BCUT2D eigenvalue weighted by atomic mass is 10.1. The highest BCUT2D eigenvalue weighted by Crippen LogP contribution is 2.27. The second kappa shape index (κ2) is 12.9. The molecule has 23 heavy (non-hydrogen) atoms. The molecule has 1 aliphatic rings. The molecule has 0 radical (unpaired) electrons. The summed E-state index contributed by atoms with van der Waals surface area (Å²) in [5.41, 5.74) is 0. The van der Waals surface area contributed by atoms with Gasteiger partial charge in [-0.2, -0.15) is 11.8 Å². The van der Waals surface area contributed by atoms with E-state index in [0.717, 1.165) is 24.3 Å². The zero-order valence-electron chi connectivity index (χ0n) is 15.7. The van der Waals surface area contributed by atoms with E-state index in [1.807, 2.05) is 11.8 Å². The smallest absolute Gasteiger partial charge is 0.191 e. The SMILES string of the molecule is CCNC(=NCCCCCCCN(C)C)NC1CCC(SC)C1. The molecule has 0 aromatic rings. The van der Waals surface area contributed by atoms with Crippen LogP contribution in [0, 0.1) is 0 Å². The van der Waals surface area contributed by atoms with Gasteiger partial charge in [0.25, 0.3) is 0 Å². The summed E-state index contributed by atoms with van der Waals surface area (Å²) in [6.07, 6.45) is 12.6. The van der Waals surface area contributed by atoms with Crippen LogP contribution in [0.25, 0.3) is 0 Å². The molecule has 0 aromatic heterocycles. The van der Waals surface area contributed by atoms with Gasteiger partial charge < -0.3 is 15.5 Å². The molecule has 0 heterocycles. The topological polar surface area (TPSA) is 39.7 Å². The number of nitrogens with zero attached hydrogens (tertiary/aromatic N) is 2. The van der Waals surface area contributed by atoms with Crippen molar-refractivity contribution in [2.75, 3.05) is 40.0 Å². The molecule has 1 saturated carbocycles. The number of guanidine groups is 1. The van der Waals surface area contributed by atoms with E-state index in [1.54, 1.807) is 0 Å². The summed E-state index contributed by atoms with van der Waals surface area (Å²) >= 11 is 2.01. The highest BCUT2D eigenvalue weighted by molar-refractivity contribution is 7.99. The first-order valence-corrected chi connectivity index (χ1v) is 10.7. The van der Waals surface area contributed by atoms with Crippen molar-refractivity contribution in [1.82, 2.24) is 15.5 Å². The van der Waals surface area contributed by atoms with Crippen LogP contribution in [0.2, 0.25) is 0 Å². The Balaban J connectivity index is 2.14. The van der Waals surface area contributed by atoms with Crippen molar-refractivity contribution < 1.29 is 0 Å². The Hall–Kier alpha value is -0.420. The van der Waals surface area contributed by atoms with E-state index in [4.69, 9.17) is 4.99 Å². The van der Waals surface area contributed by atoms with Gasteiger partial charge in [-0.3, -0.25) is 4.99 Å². The summed E-state index contributed by atoms with van der Waals surface area (Å²) in [6.45, 7) is 5.24. The molecule has 0 aliphatic heterocycles. The van der Waals surface area contributed by atoms with E-state index in [1.165, 1.54) is 57.9 Å². The Kier molecular flexibility index (Phi) is 11.6. The van der Waals surface area contributed by atoms with E-state index in [2.05, 4.69) is 42.8 Å². The van der Waals surface area contributed by atoms with Gasteiger partial charge in [-0.25, -0.2) is 0 Å². The molecule has 4 nitrogen and oxygen atoms in total. The van der Waals surface area contributed by atoms with Crippen LogP contribution in [0.4, 0.5) is 0 Å². The van der Waals surface area contributed by atoms with E-state index in [9.17, 15) is 0 Å². The predicted molar refractivity (Wildman–Crippen MR) is 106 cm³/mol. The lowest BCUT2D eigenvalue weighted by Crippen LogP contribution is -2.42. The Morgan fingerprint density at radius 2 is 1.87 bits per heavy atom. The molecule has 2 unspecified atom stereocenters. The minimum Gasteiger partial charge on any atom is -0.357 e. The summed E-state index contributed by atoms with van der Waals surface area (Å²) in [5.74, 6) is 1.02. The lowest BCUT2D eigenvalue weighted by molar-refractivity contribution is 0.390. The van der Waals surface area contributed by atoms with Crippen molar-refractivity contribution in [2.45, 2.75) is 69.6 Å². The van der Waals surface area contributed by atoms with Crippen molar-refractivity contribution in [3.8, 4) is 0 Å². The molecule has 2 atom stereocenters. The quantitative estimate of drug-likeness (QED) is 0.343. The standard InChI is InChI=1S/C18H38N4S/c1-5-19-18(21-16-11-12-17(15-16)23-4)20-13-9-7-6-8-10-14-22(2)3/h16-17H,5-15H2,1-4H3,(H2,19,20,21). The van der Waals surface area contributed by atoms with Gasteiger partial charge in [0.05, 0.1) is 0 Å². The van der Waals surface area contributed by atoms with Gasteiger partial charge >= 0.3 is 0 Å². The van der Waals surface area contributed by atoms with Gasteiger partial charge in [0.1, 0.15) is 0 Å². The van der Waals surface area contributed by atoms with Crippen LogP contribution in [0.15, 0.2) is 4.99 Å². The number of thioether (sulfide) groups is 1. The number of hydrogen-bond donors (Lipinski definition) is 2. The minimum atomic E-state index is 0.608. The fourth-order valence-corrected chi connectivity index (χ4v) is 3.86. The van der Waals surface area contributed by atoms with E-state index >= 15 is 0 Å². The Labute approximate surface area is 148 Å². The summed E-state index contributed by atoms with van der Waals surface area (Å²) in [4.78, 5) is 7.02. The molecule has 0 spiro atoms. The fraction of sp³-hybridized carbons (Fsp3) is 0.944. The van der Waals surface area contributed by atoms with Gasteiger partial charge in [-0.1, -0.05) is 19.3 Å². The van der Waals surface area contributed by atoms with Crippen molar-refractivity contribution in [1.29, 1.82) is 0 Å². The molecule has 1 aliphatic carbocycles. The van der Waals surface area contributed by atoms with E-state index in [-0.39, 0.29) is 0 Å². The summed E-state index contributed by atoms with van der Waals surface area (Å²) in [5, 5.41) is 7.85. The van der Waals surface area contributed by atoms with E-state index < -0.39 is 0 Å². The number of aliphatic imine (C=N–C) groups is 1. The summed E-state index contributed by atoms with van der Waals surface area (Å²) < 4.78 is 0. The van der Waals surface area contributed by atoms with Crippen LogP contribution in [0.5, 0.6) is 0 Å². The molecule has 0 amide bonds. The zero-order chi connectivity index (χ0) is 16.9. The van der Waals surface area contributed by atoms with Crippen LogP contribution in [-0.2, 0) is 0 Å². The maximum absolute atomic E-state index is 4.75. The highest BCUT2D eigenvalue weighted by atomic mass is 32.2. The van der Waals surface area contributed by atoms with Crippen molar-refractivity contribution in [3.63, 3.8) is 0 Å². The van der Waals surface area contributed by atoms with Gasteiger partial charge in [-0.05, 0) is 65.9 Å². The lowest BCUT2D eigenvalue weighted by Gasteiger charge is -2.17. The Morgan fingerprint density at radius 3 is 2.52 bits per heavy atom. The maximum atomic E-state index is 4.75. The number of unbranched alkanes of at least 4 members (excludes halogenated alkanes) is 4. The van der Waals surface area contributed by atoms with Crippen LogP contribution in [-0.4, -0.2) is 62.1 Å². The molecule has 1 fully saturated rings. The number of rotatable bonds is 11. The number of hydrogen-bond acceptors (Lipinski definition) is 3. The molecule has 2 N–H and O–H groups in total. The van der Waals surface area contributed by atoms with Gasteiger partial charge in [0.15, 0.2) is 5.96 Å². The first kappa shape index (κ1) is 20.6. The largest absolute Gasteiger partial charge is 0.357 e. The van der Waals surface area contributed by atoms with Crippen molar-refractivity contribution >= 4 is 17.7 Å². The summed E-state index contributed by atoms with van der Waals surface area (Å²) in [6, 6.07) is 0.608. The molecule has 1 rings (SSSR count). The first-order chi connectivity index (χ1) is 11.2. The van der Waals surface area contributed by atoms with Gasteiger partial charge in [-0.15, -0.1) is 0 Å². The molecule has 0 bridgehead atoms. The van der Waals surface area contributed by atoms with Crippen LogP contribution in [0.3, 0.4) is 0 Å². The van der Waals surface area contributed by atoms with Crippen molar-refractivity contribution in [2.24, 2.45) is 4.99 Å². The Bertz CT molecular complexity index is 320. The average molecular weight is 343 g/mol. The van der Waals surface area contributed by atoms with E-state index in [0.29, 0.717) is 6.04 Å². The molecular formula is C18H38N4S. The van der Waals surface area contributed by atoms with Crippen LogP contribution in [0.1, 0.15) is 58.3 Å². The van der Waals surface area contributed by atoms with Gasteiger partial charge in [0, 0.05) is 24.4 Å². The third kappa shape index (κ3) is 10.1. The zero-order valence-corrected chi connectivity index (χ0v) is 16.6. The fourth-order valence-electron chi connectivity index (χ4n) is 3.06. The third-order valence-corrected chi connectivity index (χ3v) is 5.53. The van der Waals surface area contributed by atoms with Crippen LogP contribution < -0.4 is 10.6 Å². The molecule has 5 heteroatoms. The molecule has 136 valence electrons. The molecule has 0 saturated heterocycles. The normalized spacial score (nSPS) is 21.9. The third-order valence-electron chi connectivity index (χ3n) is 4.44. The minimum absolute atomic E-state index is 0.608.